The number of phenolic OH excluding ortho intramolecular Hbond substituents is 1. The first-order valence-electron chi connectivity index (χ1n) is 6.48. The van der Waals surface area contributed by atoms with Crippen molar-refractivity contribution in [3.8, 4) is 5.75 Å². The summed E-state index contributed by atoms with van der Waals surface area (Å²) in [5, 5.41) is 21.0. The largest absolute Gasteiger partial charge is 0.508 e. The summed E-state index contributed by atoms with van der Waals surface area (Å²) >= 11 is 0. The van der Waals surface area contributed by atoms with Gasteiger partial charge in [0.2, 0.25) is 5.91 Å². The van der Waals surface area contributed by atoms with Gasteiger partial charge >= 0.3 is 5.97 Å². The van der Waals surface area contributed by atoms with Gasteiger partial charge in [-0.15, -0.1) is 0 Å². The number of nitrogens with one attached hydrogen (secondary N) is 1. The van der Waals surface area contributed by atoms with Crippen LogP contribution in [-0.4, -0.2) is 28.6 Å². The highest BCUT2D eigenvalue weighted by Gasteiger charge is 2.33. The van der Waals surface area contributed by atoms with Crippen LogP contribution in [-0.2, 0) is 4.79 Å². The summed E-state index contributed by atoms with van der Waals surface area (Å²) in [6, 6.07) is 3.79. The van der Waals surface area contributed by atoms with Crippen molar-refractivity contribution in [2.45, 2.75) is 26.7 Å². The van der Waals surface area contributed by atoms with E-state index in [-0.39, 0.29) is 29.5 Å². The van der Waals surface area contributed by atoms with Gasteiger partial charge in [-0.2, -0.15) is 0 Å². The van der Waals surface area contributed by atoms with E-state index >= 15 is 0 Å². The number of hydrogen-bond acceptors (Lipinski definition) is 4. The summed E-state index contributed by atoms with van der Waals surface area (Å²) in [6.45, 7) is 3.92. The number of carbonyl (C=O) groups excluding carboxylic acids is 1. The van der Waals surface area contributed by atoms with Gasteiger partial charge in [0.1, 0.15) is 5.75 Å². The molecule has 6 heteroatoms. The Bertz CT molecular complexity index is 502. The maximum Gasteiger partial charge on any atom is 0.337 e. The minimum absolute atomic E-state index is 0.153. The zero-order chi connectivity index (χ0) is 15.3. The van der Waals surface area contributed by atoms with Gasteiger partial charge in [0.05, 0.1) is 16.7 Å². The highest BCUT2D eigenvalue weighted by molar-refractivity contribution is 6.02. The number of carboxylic acid groups (broad SMARTS) is 1. The Balaban J connectivity index is 3.10. The SMILES string of the molecule is CCC(CC)(CN)C(=O)Nc1ccc(O)cc1C(=O)O. The highest BCUT2D eigenvalue weighted by Crippen LogP contribution is 2.29. The molecule has 0 aliphatic rings. The van der Waals surface area contributed by atoms with Gasteiger partial charge in [-0.05, 0) is 31.0 Å². The Morgan fingerprint density at radius 1 is 1.30 bits per heavy atom. The summed E-state index contributed by atoms with van der Waals surface area (Å²) in [7, 11) is 0. The first-order chi connectivity index (χ1) is 9.40. The van der Waals surface area contributed by atoms with Crippen LogP contribution >= 0.6 is 0 Å². The second-order valence-corrected chi connectivity index (χ2v) is 4.68. The van der Waals surface area contributed by atoms with Crippen LogP contribution in [0.25, 0.3) is 0 Å². The molecule has 110 valence electrons. The number of aromatic carboxylic acids is 1. The number of hydrogen-bond donors (Lipinski definition) is 4. The Hall–Kier alpha value is -2.08. The van der Waals surface area contributed by atoms with Crippen LogP contribution in [0.3, 0.4) is 0 Å². The average molecular weight is 280 g/mol. The van der Waals surface area contributed by atoms with E-state index < -0.39 is 11.4 Å². The van der Waals surface area contributed by atoms with Crippen molar-refractivity contribution < 1.29 is 19.8 Å². The lowest BCUT2D eigenvalue weighted by atomic mass is 9.81. The van der Waals surface area contributed by atoms with E-state index in [1.54, 1.807) is 0 Å². The number of carbonyl (C=O) groups is 2. The van der Waals surface area contributed by atoms with Crippen molar-refractivity contribution >= 4 is 17.6 Å². The lowest BCUT2D eigenvalue weighted by molar-refractivity contribution is -0.125. The van der Waals surface area contributed by atoms with Crippen LogP contribution in [0.2, 0.25) is 0 Å². The number of anilines is 1. The number of amides is 1. The lowest BCUT2D eigenvalue weighted by Crippen LogP contribution is -2.41. The molecular formula is C14H20N2O4. The van der Waals surface area contributed by atoms with E-state index in [0.29, 0.717) is 12.8 Å². The molecule has 0 bridgehead atoms. The van der Waals surface area contributed by atoms with E-state index in [2.05, 4.69) is 5.32 Å². The van der Waals surface area contributed by atoms with Crippen molar-refractivity contribution in [3.05, 3.63) is 23.8 Å². The highest BCUT2D eigenvalue weighted by atomic mass is 16.4. The van der Waals surface area contributed by atoms with Crippen LogP contribution < -0.4 is 11.1 Å². The van der Waals surface area contributed by atoms with Gasteiger partial charge in [0.25, 0.3) is 0 Å². The monoisotopic (exact) mass is 280 g/mol. The minimum Gasteiger partial charge on any atom is -0.508 e. The number of aromatic hydroxyl groups is 1. The molecule has 1 amide bonds. The summed E-state index contributed by atoms with van der Waals surface area (Å²) in [5.41, 5.74) is 4.97. The molecule has 0 radical (unpaired) electrons. The molecule has 1 aromatic rings. The third-order valence-electron chi connectivity index (χ3n) is 3.71. The molecule has 0 aliphatic carbocycles. The van der Waals surface area contributed by atoms with Crippen molar-refractivity contribution in [3.63, 3.8) is 0 Å². The van der Waals surface area contributed by atoms with Crippen molar-refractivity contribution in [2.75, 3.05) is 11.9 Å². The van der Waals surface area contributed by atoms with Crippen LogP contribution in [0.4, 0.5) is 5.69 Å². The molecule has 1 rings (SSSR count). The number of benzene rings is 1. The first kappa shape index (κ1) is 16.0. The molecule has 0 heterocycles. The summed E-state index contributed by atoms with van der Waals surface area (Å²) in [5.74, 6) is -1.70. The molecule has 0 atom stereocenters. The van der Waals surface area contributed by atoms with Crippen LogP contribution in [0, 0.1) is 5.41 Å². The predicted octanol–water partition coefficient (Wildman–Crippen LogP) is 1.79. The number of nitrogens with two attached hydrogens (primary N) is 1. The molecule has 5 N–H and O–H groups in total. The van der Waals surface area contributed by atoms with Crippen molar-refractivity contribution in [1.29, 1.82) is 0 Å². The second-order valence-electron chi connectivity index (χ2n) is 4.68. The molecule has 0 saturated carbocycles. The minimum atomic E-state index is -1.22. The van der Waals surface area contributed by atoms with E-state index in [4.69, 9.17) is 10.8 Å². The summed E-state index contributed by atoms with van der Waals surface area (Å²) in [6.07, 6.45) is 1.12. The number of phenols is 1. The molecule has 0 unspecified atom stereocenters. The van der Waals surface area contributed by atoms with Crippen LogP contribution in [0.15, 0.2) is 18.2 Å². The van der Waals surface area contributed by atoms with E-state index in [0.717, 1.165) is 6.07 Å². The maximum absolute atomic E-state index is 12.3. The quantitative estimate of drug-likeness (QED) is 0.593. The van der Waals surface area contributed by atoms with Gasteiger partial charge in [-0.1, -0.05) is 13.8 Å². The fourth-order valence-corrected chi connectivity index (χ4v) is 2.03. The zero-order valence-electron chi connectivity index (χ0n) is 11.6. The van der Waals surface area contributed by atoms with Crippen LogP contribution in [0.1, 0.15) is 37.0 Å². The molecular weight excluding hydrogens is 260 g/mol. The third-order valence-corrected chi connectivity index (χ3v) is 3.71. The standard InChI is InChI=1S/C14H20N2O4/c1-3-14(4-2,8-15)13(20)16-11-6-5-9(17)7-10(11)12(18)19/h5-7,17H,3-4,8,15H2,1-2H3,(H,16,20)(H,18,19). The fraction of sp³-hybridized carbons (Fsp3) is 0.429. The normalized spacial score (nSPS) is 11.2. The van der Waals surface area contributed by atoms with Crippen LogP contribution in [0.5, 0.6) is 5.75 Å². The van der Waals surface area contributed by atoms with E-state index in [9.17, 15) is 14.7 Å². The van der Waals surface area contributed by atoms with Crippen molar-refractivity contribution in [1.82, 2.24) is 0 Å². The molecule has 6 nitrogen and oxygen atoms in total. The maximum atomic E-state index is 12.3. The topological polar surface area (TPSA) is 113 Å². The fourth-order valence-electron chi connectivity index (χ4n) is 2.03. The Labute approximate surface area is 117 Å². The first-order valence-corrected chi connectivity index (χ1v) is 6.48. The Morgan fingerprint density at radius 2 is 1.90 bits per heavy atom. The summed E-state index contributed by atoms with van der Waals surface area (Å²) < 4.78 is 0. The Morgan fingerprint density at radius 3 is 2.35 bits per heavy atom. The smallest absolute Gasteiger partial charge is 0.337 e. The molecule has 20 heavy (non-hydrogen) atoms. The number of carboxylic acids is 1. The van der Waals surface area contributed by atoms with Gasteiger partial charge in [-0.25, -0.2) is 4.79 Å². The lowest BCUT2D eigenvalue weighted by Gasteiger charge is -2.28. The third kappa shape index (κ3) is 3.08. The van der Waals surface area contributed by atoms with Crippen molar-refractivity contribution in [2.24, 2.45) is 11.1 Å². The summed E-state index contributed by atoms with van der Waals surface area (Å²) in [4.78, 5) is 23.5. The second kappa shape index (κ2) is 6.38. The van der Waals surface area contributed by atoms with Gasteiger partial charge in [0.15, 0.2) is 0 Å². The predicted molar refractivity (Wildman–Crippen MR) is 75.8 cm³/mol. The zero-order valence-corrected chi connectivity index (χ0v) is 11.6. The van der Waals surface area contributed by atoms with E-state index in [1.807, 2.05) is 13.8 Å². The average Bonchev–Trinajstić information content (AvgIpc) is 2.43. The van der Waals surface area contributed by atoms with Gasteiger partial charge < -0.3 is 21.3 Å². The molecule has 0 saturated heterocycles. The van der Waals surface area contributed by atoms with Gasteiger partial charge in [0, 0.05) is 6.54 Å². The molecule has 0 fully saturated rings. The molecule has 0 spiro atoms. The molecule has 0 aliphatic heterocycles. The molecule has 0 aromatic heterocycles. The Kier molecular flexibility index (Phi) is 5.10. The number of rotatable bonds is 6. The van der Waals surface area contributed by atoms with Gasteiger partial charge in [-0.3, -0.25) is 4.79 Å². The molecule has 1 aromatic carbocycles. The van der Waals surface area contributed by atoms with E-state index in [1.165, 1.54) is 12.1 Å².